The maximum atomic E-state index is 12.3. The fourth-order valence-electron chi connectivity index (χ4n) is 2.68. The van der Waals surface area contributed by atoms with Crippen molar-refractivity contribution >= 4 is 11.9 Å². The fourth-order valence-corrected chi connectivity index (χ4v) is 2.68. The molecule has 2 rings (SSSR count). The SMILES string of the molecule is Cc1cc(C)cc([C@@H](C)NC(=O)N[C@H](C(N)=O)c2ccccc2)c1. The Morgan fingerprint density at radius 2 is 1.50 bits per heavy atom. The van der Waals surface area contributed by atoms with Gasteiger partial charge in [0.15, 0.2) is 0 Å². The Morgan fingerprint density at radius 3 is 2.04 bits per heavy atom. The minimum Gasteiger partial charge on any atom is -0.368 e. The van der Waals surface area contributed by atoms with Crippen LogP contribution in [-0.4, -0.2) is 11.9 Å². The molecule has 0 aliphatic carbocycles. The van der Waals surface area contributed by atoms with E-state index < -0.39 is 18.0 Å². The van der Waals surface area contributed by atoms with Crippen LogP contribution in [0.2, 0.25) is 0 Å². The van der Waals surface area contributed by atoms with Crippen LogP contribution in [0.15, 0.2) is 48.5 Å². The van der Waals surface area contributed by atoms with Crippen molar-refractivity contribution in [2.45, 2.75) is 32.9 Å². The van der Waals surface area contributed by atoms with Gasteiger partial charge in [0, 0.05) is 0 Å². The molecule has 0 aliphatic rings. The van der Waals surface area contributed by atoms with E-state index in [1.54, 1.807) is 24.3 Å². The molecule has 0 spiro atoms. The second kappa shape index (κ2) is 7.64. The number of carbonyl (C=O) groups is 2. The van der Waals surface area contributed by atoms with Crippen molar-refractivity contribution in [3.8, 4) is 0 Å². The van der Waals surface area contributed by atoms with Crippen LogP contribution in [0.3, 0.4) is 0 Å². The van der Waals surface area contributed by atoms with Gasteiger partial charge in [-0.1, -0.05) is 59.7 Å². The van der Waals surface area contributed by atoms with Crippen LogP contribution in [0, 0.1) is 13.8 Å². The number of rotatable bonds is 5. The van der Waals surface area contributed by atoms with Gasteiger partial charge in [-0.3, -0.25) is 4.79 Å². The smallest absolute Gasteiger partial charge is 0.316 e. The predicted molar refractivity (Wildman–Crippen MR) is 94.4 cm³/mol. The summed E-state index contributed by atoms with van der Waals surface area (Å²) < 4.78 is 0. The molecule has 0 aromatic heterocycles. The van der Waals surface area contributed by atoms with Crippen LogP contribution in [0.25, 0.3) is 0 Å². The van der Waals surface area contributed by atoms with E-state index >= 15 is 0 Å². The maximum Gasteiger partial charge on any atom is 0.316 e. The predicted octanol–water partition coefficient (Wildman–Crippen LogP) is 2.89. The van der Waals surface area contributed by atoms with Crippen LogP contribution in [0.5, 0.6) is 0 Å². The molecule has 2 aromatic carbocycles. The number of aryl methyl sites for hydroxylation is 2. The van der Waals surface area contributed by atoms with E-state index in [0.29, 0.717) is 5.56 Å². The van der Waals surface area contributed by atoms with Crippen LogP contribution < -0.4 is 16.4 Å². The summed E-state index contributed by atoms with van der Waals surface area (Å²) in [6, 6.07) is 13.6. The first-order valence-electron chi connectivity index (χ1n) is 7.86. The molecule has 4 N–H and O–H groups in total. The highest BCUT2D eigenvalue weighted by atomic mass is 16.2. The van der Waals surface area contributed by atoms with Gasteiger partial charge in [0.25, 0.3) is 0 Å². The quantitative estimate of drug-likeness (QED) is 0.789. The van der Waals surface area contributed by atoms with Gasteiger partial charge in [0.05, 0.1) is 6.04 Å². The van der Waals surface area contributed by atoms with Crippen molar-refractivity contribution in [2.24, 2.45) is 5.73 Å². The number of nitrogens with two attached hydrogens (primary N) is 1. The minimum atomic E-state index is -0.863. The first kappa shape index (κ1) is 17.5. The van der Waals surface area contributed by atoms with Crippen molar-refractivity contribution in [1.29, 1.82) is 0 Å². The maximum absolute atomic E-state index is 12.3. The molecule has 5 heteroatoms. The van der Waals surface area contributed by atoms with E-state index in [9.17, 15) is 9.59 Å². The molecule has 0 unspecified atom stereocenters. The highest BCUT2D eigenvalue weighted by Crippen LogP contribution is 2.17. The van der Waals surface area contributed by atoms with Gasteiger partial charge in [0.2, 0.25) is 5.91 Å². The highest BCUT2D eigenvalue weighted by Gasteiger charge is 2.21. The summed E-state index contributed by atoms with van der Waals surface area (Å²) in [4.78, 5) is 23.9. The largest absolute Gasteiger partial charge is 0.368 e. The zero-order valence-electron chi connectivity index (χ0n) is 14.2. The molecular formula is C19H23N3O2. The lowest BCUT2D eigenvalue weighted by Crippen LogP contribution is -2.43. The summed E-state index contributed by atoms with van der Waals surface area (Å²) in [5.74, 6) is -0.601. The molecular weight excluding hydrogens is 302 g/mol. The van der Waals surface area contributed by atoms with E-state index in [2.05, 4.69) is 16.7 Å². The molecule has 5 nitrogen and oxygen atoms in total. The van der Waals surface area contributed by atoms with Crippen molar-refractivity contribution in [3.05, 3.63) is 70.8 Å². The standard InChI is InChI=1S/C19H23N3O2/c1-12-9-13(2)11-16(10-12)14(3)21-19(24)22-17(18(20)23)15-7-5-4-6-8-15/h4-11,14,17H,1-3H3,(H2,20,23)(H2,21,22,24)/t14-,17+/m1/s1. The average Bonchev–Trinajstić information content (AvgIpc) is 2.52. The van der Waals surface area contributed by atoms with Crippen molar-refractivity contribution in [1.82, 2.24) is 10.6 Å². The summed E-state index contributed by atoms with van der Waals surface area (Å²) in [5, 5.41) is 5.49. The lowest BCUT2D eigenvalue weighted by molar-refractivity contribution is -0.119. The second-order valence-corrected chi connectivity index (χ2v) is 6.01. The summed E-state index contributed by atoms with van der Waals surface area (Å²) in [6.45, 7) is 5.93. The number of benzene rings is 2. The minimum absolute atomic E-state index is 0.187. The van der Waals surface area contributed by atoms with E-state index in [-0.39, 0.29) is 6.04 Å². The lowest BCUT2D eigenvalue weighted by Gasteiger charge is -2.20. The van der Waals surface area contributed by atoms with Crippen LogP contribution >= 0.6 is 0 Å². The first-order valence-corrected chi connectivity index (χ1v) is 7.86. The molecule has 0 saturated heterocycles. The van der Waals surface area contributed by atoms with Gasteiger partial charge >= 0.3 is 6.03 Å². The molecule has 0 heterocycles. The first-order chi connectivity index (χ1) is 11.4. The van der Waals surface area contributed by atoms with Gasteiger partial charge in [-0.05, 0) is 31.9 Å². The number of urea groups is 1. The fraction of sp³-hybridized carbons (Fsp3) is 0.263. The third kappa shape index (κ3) is 4.59. The molecule has 0 bridgehead atoms. The summed E-state index contributed by atoms with van der Waals surface area (Å²) >= 11 is 0. The molecule has 0 radical (unpaired) electrons. The Balaban J connectivity index is 2.07. The normalized spacial score (nSPS) is 13.0. The number of primary amides is 1. The number of hydrogen-bond acceptors (Lipinski definition) is 2. The van der Waals surface area contributed by atoms with E-state index in [1.165, 1.54) is 0 Å². The Morgan fingerprint density at radius 1 is 0.917 bits per heavy atom. The summed E-state index contributed by atoms with van der Waals surface area (Å²) in [7, 11) is 0. The molecule has 0 fully saturated rings. The topological polar surface area (TPSA) is 84.2 Å². The summed E-state index contributed by atoms with van der Waals surface area (Å²) in [6.07, 6.45) is 0. The molecule has 0 saturated carbocycles. The number of amides is 3. The zero-order valence-corrected chi connectivity index (χ0v) is 14.2. The molecule has 0 aliphatic heterocycles. The Labute approximate surface area is 142 Å². The van der Waals surface area contributed by atoms with Crippen molar-refractivity contribution < 1.29 is 9.59 Å². The summed E-state index contributed by atoms with van der Waals surface area (Å²) in [5.41, 5.74) is 9.36. The van der Waals surface area contributed by atoms with Crippen LogP contribution in [0.4, 0.5) is 4.79 Å². The van der Waals surface area contributed by atoms with Crippen molar-refractivity contribution in [3.63, 3.8) is 0 Å². The molecule has 2 aromatic rings. The third-order valence-corrected chi connectivity index (χ3v) is 3.78. The van der Waals surface area contributed by atoms with E-state index in [0.717, 1.165) is 16.7 Å². The molecule has 126 valence electrons. The monoisotopic (exact) mass is 325 g/mol. The number of nitrogens with one attached hydrogen (secondary N) is 2. The molecule has 3 amide bonds. The van der Waals surface area contributed by atoms with Gasteiger partial charge in [0.1, 0.15) is 6.04 Å². The average molecular weight is 325 g/mol. The number of carbonyl (C=O) groups excluding carboxylic acids is 2. The second-order valence-electron chi connectivity index (χ2n) is 6.01. The molecule has 24 heavy (non-hydrogen) atoms. The number of hydrogen-bond donors (Lipinski definition) is 3. The van der Waals surface area contributed by atoms with Crippen LogP contribution in [0.1, 0.15) is 41.3 Å². The van der Waals surface area contributed by atoms with E-state index in [4.69, 9.17) is 5.73 Å². The van der Waals surface area contributed by atoms with E-state index in [1.807, 2.05) is 39.0 Å². The molecule has 2 atom stereocenters. The third-order valence-electron chi connectivity index (χ3n) is 3.78. The Hall–Kier alpha value is -2.82. The van der Waals surface area contributed by atoms with Gasteiger partial charge < -0.3 is 16.4 Å². The lowest BCUT2D eigenvalue weighted by atomic mass is 10.0. The Kier molecular flexibility index (Phi) is 5.58. The Bertz CT molecular complexity index is 708. The highest BCUT2D eigenvalue weighted by molar-refractivity contribution is 5.87. The van der Waals surface area contributed by atoms with Gasteiger partial charge in [-0.15, -0.1) is 0 Å². The van der Waals surface area contributed by atoms with Crippen LogP contribution in [-0.2, 0) is 4.79 Å². The van der Waals surface area contributed by atoms with Crippen molar-refractivity contribution in [2.75, 3.05) is 0 Å². The van der Waals surface area contributed by atoms with Gasteiger partial charge in [-0.2, -0.15) is 0 Å². The zero-order chi connectivity index (χ0) is 17.7. The van der Waals surface area contributed by atoms with Gasteiger partial charge in [-0.25, -0.2) is 4.79 Å².